The summed E-state index contributed by atoms with van der Waals surface area (Å²) in [5.74, 6) is 1.13. The first-order chi connectivity index (χ1) is 13.0. The fourth-order valence-corrected chi connectivity index (χ4v) is 3.50. The molecule has 2 rings (SSSR count). The molecule has 1 amide bonds. The molecule has 8 heteroatoms. The zero-order valence-electron chi connectivity index (χ0n) is 16.3. The van der Waals surface area contributed by atoms with Crippen LogP contribution in [-0.2, 0) is 11.3 Å². The van der Waals surface area contributed by atoms with E-state index in [1.807, 2.05) is 24.3 Å². The second-order valence-corrected chi connectivity index (χ2v) is 7.61. The Morgan fingerprint density at radius 2 is 2.04 bits per heavy atom. The van der Waals surface area contributed by atoms with Gasteiger partial charge in [0, 0.05) is 6.54 Å². The van der Waals surface area contributed by atoms with Crippen LogP contribution in [-0.4, -0.2) is 33.5 Å². The third-order valence-electron chi connectivity index (χ3n) is 4.25. The van der Waals surface area contributed by atoms with Gasteiger partial charge in [-0.25, -0.2) is 9.89 Å². The van der Waals surface area contributed by atoms with Gasteiger partial charge in [0.05, 0.1) is 18.9 Å². The van der Waals surface area contributed by atoms with Gasteiger partial charge in [-0.15, -0.1) is 5.10 Å². The van der Waals surface area contributed by atoms with Crippen LogP contribution in [0.1, 0.15) is 45.2 Å². The van der Waals surface area contributed by atoms with Crippen molar-refractivity contribution < 1.29 is 9.53 Å². The molecular formula is C19H28N4O3S. The zero-order valence-corrected chi connectivity index (χ0v) is 17.1. The Balaban J connectivity index is 1.99. The first kappa shape index (κ1) is 21.1. The summed E-state index contributed by atoms with van der Waals surface area (Å²) in [7, 11) is 1.63. The number of carbonyl (C=O) groups excluding carboxylic acids is 1. The van der Waals surface area contributed by atoms with Gasteiger partial charge in [0.15, 0.2) is 5.16 Å². The molecule has 1 aromatic carbocycles. The Morgan fingerprint density at radius 3 is 2.63 bits per heavy atom. The number of H-pyrrole nitrogens is 1. The minimum absolute atomic E-state index is 0.0907. The van der Waals surface area contributed by atoms with E-state index in [1.54, 1.807) is 11.7 Å². The number of nitrogens with one attached hydrogen (secondary N) is 2. The van der Waals surface area contributed by atoms with Gasteiger partial charge in [0.1, 0.15) is 5.75 Å². The van der Waals surface area contributed by atoms with Gasteiger partial charge in [0.25, 0.3) is 0 Å². The number of hydrogen-bond acceptors (Lipinski definition) is 5. The topological polar surface area (TPSA) is 89.0 Å². The Kier molecular flexibility index (Phi) is 7.97. The van der Waals surface area contributed by atoms with Gasteiger partial charge in [-0.3, -0.25) is 9.36 Å². The standard InChI is InChI=1S/C19H28N4O3S/c1-5-6-11-23-18(25)21-22-19(23)27-12-16(24)20-17(13(2)3)14-7-9-15(26-4)10-8-14/h7-10,13,17H,5-6,11-12H2,1-4H3,(H,20,24)(H,21,25). The van der Waals surface area contributed by atoms with Crippen molar-refractivity contribution in [3.63, 3.8) is 0 Å². The van der Waals surface area contributed by atoms with Gasteiger partial charge in [-0.1, -0.05) is 51.1 Å². The van der Waals surface area contributed by atoms with Crippen molar-refractivity contribution >= 4 is 17.7 Å². The average Bonchev–Trinajstić information content (AvgIpc) is 3.02. The van der Waals surface area contributed by atoms with Crippen molar-refractivity contribution in [1.82, 2.24) is 20.1 Å². The van der Waals surface area contributed by atoms with E-state index in [0.717, 1.165) is 24.2 Å². The molecule has 2 N–H and O–H groups in total. The van der Waals surface area contributed by atoms with E-state index in [9.17, 15) is 9.59 Å². The summed E-state index contributed by atoms with van der Waals surface area (Å²) in [4.78, 5) is 24.3. The van der Waals surface area contributed by atoms with Gasteiger partial charge in [0.2, 0.25) is 5.91 Å². The summed E-state index contributed by atoms with van der Waals surface area (Å²) < 4.78 is 6.78. The van der Waals surface area contributed by atoms with Crippen LogP contribution in [0.15, 0.2) is 34.2 Å². The highest BCUT2D eigenvalue weighted by Gasteiger charge is 2.19. The number of carbonyl (C=O) groups is 1. The van der Waals surface area contributed by atoms with E-state index in [4.69, 9.17) is 4.74 Å². The fraction of sp³-hybridized carbons (Fsp3) is 0.526. The van der Waals surface area contributed by atoms with E-state index in [0.29, 0.717) is 11.7 Å². The minimum Gasteiger partial charge on any atom is -0.497 e. The van der Waals surface area contributed by atoms with E-state index in [1.165, 1.54) is 11.8 Å². The number of ether oxygens (including phenoxy) is 1. The number of nitrogens with zero attached hydrogens (tertiary/aromatic N) is 2. The highest BCUT2D eigenvalue weighted by Crippen LogP contribution is 2.24. The number of aromatic amines is 1. The lowest BCUT2D eigenvalue weighted by molar-refractivity contribution is -0.119. The van der Waals surface area contributed by atoms with Crippen LogP contribution in [0.4, 0.5) is 0 Å². The van der Waals surface area contributed by atoms with Crippen molar-refractivity contribution in [1.29, 1.82) is 0 Å². The Labute approximate surface area is 163 Å². The molecule has 0 aliphatic heterocycles. The number of aromatic nitrogens is 3. The van der Waals surface area contributed by atoms with Crippen LogP contribution in [0.5, 0.6) is 5.75 Å². The summed E-state index contributed by atoms with van der Waals surface area (Å²) in [6.07, 6.45) is 1.88. The Hall–Kier alpha value is -2.22. The molecule has 1 atom stereocenters. The van der Waals surface area contributed by atoms with Crippen LogP contribution in [0, 0.1) is 5.92 Å². The van der Waals surface area contributed by atoms with Crippen molar-refractivity contribution in [2.75, 3.05) is 12.9 Å². The summed E-state index contributed by atoms with van der Waals surface area (Å²) in [5, 5.41) is 10.1. The molecule has 0 saturated heterocycles. The Morgan fingerprint density at radius 1 is 1.33 bits per heavy atom. The molecule has 0 fully saturated rings. The molecule has 7 nitrogen and oxygen atoms in total. The molecule has 0 saturated carbocycles. The second-order valence-electron chi connectivity index (χ2n) is 6.67. The van der Waals surface area contributed by atoms with Crippen molar-refractivity contribution in [3.8, 4) is 5.75 Å². The monoisotopic (exact) mass is 392 g/mol. The third-order valence-corrected chi connectivity index (χ3v) is 5.23. The fourth-order valence-electron chi connectivity index (χ4n) is 2.72. The number of amides is 1. The van der Waals surface area contributed by atoms with Crippen LogP contribution < -0.4 is 15.7 Å². The molecule has 0 aliphatic carbocycles. The lowest BCUT2D eigenvalue weighted by Crippen LogP contribution is -2.33. The lowest BCUT2D eigenvalue weighted by Gasteiger charge is -2.23. The number of thioether (sulfide) groups is 1. The summed E-state index contributed by atoms with van der Waals surface area (Å²) in [6.45, 7) is 6.81. The van der Waals surface area contributed by atoms with E-state index >= 15 is 0 Å². The van der Waals surface area contributed by atoms with Gasteiger partial charge in [-0.05, 0) is 30.0 Å². The summed E-state index contributed by atoms with van der Waals surface area (Å²) in [5.41, 5.74) is 0.799. The molecule has 0 radical (unpaired) electrons. The second kappa shape index (κ2) is 10.2. The normalized spacial score (nSPS) is 12.2. The summed E-state index contributed by atoms with van der Waals surface area (Å²) in [6, 6.07) is 7.62. The smallest absolute Gasteiger partial charge is 0.343 e. The maximum atomic E-state index is 12.5. The highest BCUT2D eigenvalue weighted by atomic mass is 32.2. The van der Waals surface area contributed by atoms with Crippen molar-refractivity contribution in [2.45, 2.75) is 51.4 Å². The van der Waals surface area contributed by atoms with Crippen LogP contribution in [0.2, 0.25) is 0 Å². The molecule has 148 valence electrons. The molecule has 1 heterocycles. The predicted molar refractivity (Wildman–Crippen MR) is 107 cm³/mol. The number of hydrogen-bond donors (Lipinski definition) is 2. The molecule has 1 unspecified atom stereocenters. The van der Waals surface area contributed by atoms with Crippen molar-refractivity contribution in [3.05, 3.63) is 40.3 Å². The number of benzene rings is 1. The maximum Gasteiger partial charge on any atom is 0.343 e. The van der Waals surface area contributed by atoms with E-state index in [-0.39, 0.29) is 29.3 Å². The van der Waals surface area contributed by atoms with Crippen LogP contribution in [0.3, 0.4) is 0 Å². The number of unbranched alkanes of at least 4 members (excludes halogenated alkanes) is 1. The average molecular weight is 393 g/mol. The third kappa shape index (κ3) is 5.89. The molecule has 0 spiro atoms. The lowest BCUT2D eigenvalue weighted by atomic mass is 9.96. The minimum atomic E-state index is -0.232. The quantitative estimate of drug-likeness (QED) is 0.607. The van der Waals surface area contributed by atoms with Gasteiger partial charge < -0.3 is 10.1 Å². The largest absolute Gasteiger partial charge is 0.497 e. The highest BCUT2D eigenvalue weighted by molar-refractivity contribution is 7.99. The van der Waals surface area contributed by atoms with Gasteiger partial charge >= 0.3 is 5.69 Å². The maximum absolute atomic E-state index is 12.5. The zero-order chi connectivity index (χ0) is 19.8. The molecule has 1 aromatic heterocycles. The molecule has 0 bridgehead atoms. The van der Waals surface area contributed by atoms with Gasteiger partial charge in [-0.2, -0.15) is 0 Å². The van der Waals surface area contributed by atoms with Crippen molar-refractivity contribution in [2.24, 2.45) is 5.92 Å². The molecule has 2 aromatic rings. The molecule has 0 aliphatic rings. The Bertz CT molecular complexity index is 783. The molecular weight excluding hydrogens is 364 g/mol. The molecule has 27 heavy (non-hydrogen) atoms. The first-order valence-corrected chi connectivity index (χ1v) is 10.2. The number of methoxy groups -OCH3 is 1. The number of rotatable bonds is 10. The van der Waals surface area contributed by atoms with Crippen LogP contribution in [0.25, 0.3) is 0 Å². The summed E-state index contributed by atoms with van der Waals surface area (Å²) >= 11 is 1.27. The van der Waals surface area contributed by atoms with E-state index in [2.05, 4.69) is 36.3 Å². The van der Waals surface area contributed by atoms with E-state index < -0.39 is 0 Å². The van der Waals surface area contributed by atoms with Crippen LogP contribution >= 0.6 is 11.8 Å². The first-order valence-electron chi connectivity index (χ1n) is 9.17. The SMILES string of the molecule is CCCCn1c(SCC(=O)NC(c2ccc(OC)cc2)C(C)C)n[nH]c1=O. The predicted octanol–water partition coefficient (Wildman–Crippen LogP) is 2.99.